The molecule has 0 radical (unpaired) electrons. The molecule has 13 rings (SSSR count). The molecule has 0 bridgehead atoms. The Morgan fingerprint density at radius 3 is 1.73 bits per heavy atom. The molecule has 1 heterocycles. The second-order valence-corrected chi connectivity index (χ2v) is 19.4. The van der Waals surface area contributed by atoms with E-state index in [2.05, 4.69) is 225 Å². The largest absolute Gasteiger partial charge is 0.383 e. The molecule has 0 amide bonds. The van der Waals surface area contributed by atoms with Gasteiger partial charge in [-0.1, -0.05) is 214 Å². The lowest BCUT2D eigenvalue weighted by atomic mass is 9.55. The third-order valence-electron chi connectivity index (χ3n) is 15.2. The van der Waals surface area contributed by atoms with E-state index in [0.29, 0.717) is 18.2 Å². The molecule has 10 aromatic carbocycles. The maximum absolute atomic E-state index is 6.94. The monoisotopic (exact) mass is 910 g/mol. The molecule has 11 aromatic rings. The van der Waals surface area contributed by atoms with E-state index in [1.165, 1.54) is 77.4 Å². The Bertz CT molecular complexity index is 3880. The molecule has 0 saturated heterocycles. The number of aromatic nitrogens is 1. The number of benzene rings is 10. The third-order valence-corrected chi connectivity index (χ3v) is 15.2. The molecule has 0 unspecified atom stereocenters. The van der Waals surface area contributed by atoms with Crippen LogP contribution in [-0.2, 0) is 17.4 Å². The Hall–Kier alpha value is -8.86. The highest BCUT2D eigenvalue weighted by molar-refractivity contribution is 6.12. The molecule has 71 heavy (non-hydrogen) atoms. The summed E-state index contributed by atoms with van der Waals surface area (Å²) in [4.78, 5) is 10.6. The van der Waals surface area contributed by atoms with Crippen LogP contribution in [0.15, 0.2) is 253 Å². The van der Waals surface area contributed by atoms with Crippen molar-refractivity contribution in [3.8, 4) is 39.1 Å². The normalized spacial score (nSPS) is 14.3. The maximum Gasteiger partial charge on any atom is 0.157 e. The van der Waals surface area contributed by atoms with Gasteiger partial charge in [0, 0.05) is 33.0 Å². The van der Waals surface area contributed by atoms with Gasteiger partial charge < -0.3 is 10.3 Å². The number of nitrogens with zero attached hydrogens (tertiary/aromatic N) is 3. The number of rotatable bonds is 7. The van der Waals surface area contributed by atoms with E-state index in [1.54, 1.807) is 0 Å². The van der Waals surface area contributed by atoms with Crippen molar-refractivity contribution in [2.45, 2.75) is 31.2 Å². The average molecular weight is 911 g/mol. The number of amidine groups is 2. The fourth-order valence-electron chi connectivity index (χ4n) is 12.0. The van der Waals surface area contributed by atoms with E-state index in [-0.39, 0.29) is 5.41 Å². The van der Waals surface area contributed by atoms with Gasteiger partial charge in [0.2, 0.25) is 0 Å². The highest BCUT2D eigenvalue weighted by atomic mass is 15.0. The summed E-state index contributed by atoms with van der Waals surface area (Å²) < 4.78 is 2.38. The first-order valence-corrected chi connectivity index (χ1v) is 24.6. The van der Waals surface area contributed by atoms with E-state index in [4.69, 9.17) is 15.7 Å². The van der Waals surface area contributed by atoms with Crippen molar-refractivity contribution in [1.82, 2.24) is 4.57 Å². The van der Waals surface area contributed by atoms with Crippen LogP contribution in [0.1, 0.15) is 63.9 Å². The summed E-state index contributed by atoms with van der Waals surface area (Å²) >= 11 is 0. The lowest BCUT2D eigenvalue weighted by molar-refractivity contribution is 0.563. The Morgan fingerprint density at radius 2 is 0.986 bits per heavy atom. The number of fused-ring (bicyclic) bond motifs is 12. The Morgan fingerprint density at radius 1 is 0.437 bits per heavy atom. The van der Waals surface area contributed by atoms with Gasteiger partial charge >= 0.3 is 0 Å². The van der Waals surface area contributed by atoms with Gasteiger partial charge in [-0.15, -0.1) is 0 Å². The molecule has 0 saturated carbocycles. The number of hydrogen-bond acceptors (Lipinski definition) is 1. The van der Waals surface area contributed by atoms with Gasteiger partial charge in [0.15, 0.2) is 5.84 Å². The highest BCUT2D eigenvalue weighted by Gasteiger charge is 2.53. The van der Waals surface area contributed by atoms with Crippen molar-refractivity contribution in [2.75, 3.05) is 0 Å². The summed E-state index contributed by atoms with van der Waals surface area (Å²) in [5, 5.41) is 2.46. The first kappa shape index (κ1) is 42.3. The second-order valence-electron chi connectivity index (χ2n) is 19.4. The van der Waals surface area contributed by atoms with E-state index < -0.39 is 5.41 Å². The summed E-state index contributed by atoms with van der Waals surface area (Å²) in [6.45, 7) is 5.15. The topological polar surface area (TPSA) is 55.7 Å². The van der Waals surface area contributed by atoms with Crippen LogP contribution in [-0.4, -0.2) is 16.2 Å². The third kappa shape index (κ3) is 6.66. The SMILES string of the molecule is CC1(C)c2ccccc2C2(c3ccc(-c4ccc5c(c4)c4ccccc4n5-c4ccccc4)cc3-c3c(CN=C(N=C(N)c4cccc(-c5ccccc5)c4)c4ccccc4)cccc32)c2ccccc21. The number of aliphatic imine (C=N–C) groups is 2. The molecule has 1 aromatic heterocycles. The smallest absolute Gasteiger partial charge is 0.157 e. The van der Waals surface area contributed by atoms with Gasteiger partial charge in [0.25, 0.3) is 0 Å². The predicted octanol–water partition coefficient (Wildman–Crippen LogP) is 15.5. The molecular weight excluding hydrogens is 861 g/mol. The van der Waals surface area contributed by atoms with Crippen LogP contribution in [0.25, 0.3) is 60.9 Å². The molecule has 0 atom stereocenters. The fraction of sp³-hybridized carbons (Fsp3) is 0.0746. The molecule has 2 aliphatic carbocycles. The van der Waals surface area contributed by atoms with Crippen molar-refractivity contribution in [1.29, 1.82) is 0 Å². The van der Waals surface area contributed by atoms with Crippen LogP contribution in [0.4, 0.5) is 0 Å². The molecular formula is C67H50N4. The average Bonchev–Trinajstić information content (AvgIpc) is 3.92. The first-order chi connectivity index (χ1) is 34.9. The molecule has 1 spiro atoms. The zero-order chi connectivity index (χ0) is 47.7. The van der Waals surface area contributed by atoms with Crippen molar-refractivity contribution in [2.24, 2.45) is 15.7 Å². The van der Waals surface area contributed by atoms with Gasteiger partial charge in [-0.2, -0.15) is 0 Å². The van der Waals surface area contributed by atoms with Crippen molar-refractivity contribution >= 4 is 33.5 Å². The van der Waals surface area contributed by atoms with Crippen molar-refractivity contribution in [3.05, 3.63) is 293 Å². The molecule has 4 heteroatoms. The molecule has 2 aliphatic rings. The Balaban J connectivity index is 1.01. The first-order valence-electron chi connectivity index (χ1n) is 24.6. The zero-order valence-electron chi connectivity index (χ0n) is 39.7. The van der Waals surface area contributed by atoms with Gasteiger partial charge in [-0.3, -0.25) is 4.99 Å². The number of para-hydroxylation sites is 2. The van der Waals surface area contributed by atoms with Crippen LogP contribution in [0.3, 0.4) is 0 Å². The Kier molecular flexibility index (Phi) is 9.93. The summed E-state index contributed by atoms with van der Waals surface area (Å²) in [6, 6.07) is 87.6. The summed E-state index contributed by atoms with van der Waals surface area (Å²) in [6.07, 6.45) is 0. The molecule has 0 fully saturated rings. The molecule has 0 aliphatic heterocycles. The Labute approximate surface area is 414 Å². The van der Waals surface area contributed by atoms with Crippen LogP contribution in [0, 0.1) is 0 Å². The van der Waals surface area contributed by atoms with E-state index in [1.807, 2.05) is 36.4 Å². The number of nitrogens with two attached hydrogens (primary N) is 1. The predicted molar refractivity (Wildman–Crippen MR) is 295 cm³/mol. The van der Waals surface area contributed by atoms with E-state index in [9.17, 15) is 0 Å². The lowest BCUT2D eigenvalue weighted by Gasteiger charge is -2.46. The zero-order valence-corrected chi connectivity index (χ0v) is 39.7. The van der Waals surface area contributed by atoms with E-state index >= 15 is 0 Å². The van der Waals surface area contributed by atoms with Crippen LogP contribution in [0.2, 0.25) is 0 Å². The van der Waals surface area contributed by atoms with Gasteiger partial charge in [-0.25, -0.2) is 4.99 Å². The van der Waals surface area contributed by atoms with E-state index in [0.717, 1.165) is 33.5 Å². The van der Waals surface area contributed by atoms with Crippen molar-refractivity contribution in [3.63, 3.8) is 0 Å². The maximum atomic E-state index is 6.94. The van der Waals surface area contributed by atoms with Gasteiger partial charge in [-0.05, 0) is 115 Å². The summed E-state index contributed by atoms with van der Waals surface area (Å²) in [5.41, 5.74) is 27.5. The van der Waals surface area contributed by atoms with Crippen LogP contribution < -0.4 is 5.73 Å². The summed E-state index contributed by atoms with van der Waals surface area (Å²) in [7, 11) is 0. The minimum absolute atomic E-state index is 0.208. The number of hydrogen-bond donors (Lipinski definition) is 1. The minimum atomic E-state index is -0.562. The molecule has 4 nitrogen and oxygen atoms in total. The highest BCUT2D eigenvalue weighted by Crippen LogP contribution is 2.63. The van der Waals surface area contributed by atoms with Crippen LogP contribution >= 0.6 is 0 Å². The van der Waals surface area contributed by atoms with Crippen LogP contribution in [0.5, 0.6) is 0 Å². The quantitative estimate of drug-likeness (QED) is 0.126. The standard InChI is InChI=1S/C67H50N4/c1-66(2)56-30-13-15-32-58(56)67(59-33-16-14-31-57(59)66)55-38-36-47(48-37-39-62-53(41-48)52-29-12-17-35-61(52)71(62)51-27-10-5-11-28-51)42-54(55)63-50(26-19-34-60(63)67)43-69-65(45-22-8-4-9-23-45)70-64(68)49-25-18-24-46(40-49)44-20-6-3-7-21-44/h3-42H,43H2,1-2H3,(H2,68,69,70). The molecule has 2 N–H and O–H groups in total. The minimum Gasteiger partial charge on any atom is -0.383 e. The van der Waals surface area contributed by atoms with Gasteiger partial charge in [0.05, 0.1) is 23.0 Å². The fourth-order valence-corrected chi connectivity index (χ4v) is 12.0. The lowest BCUT2D eigenvalue weighted by Crippen LogP contribution is -2.40. The summed E-state index contributed by atoms with van der Waals surface area (Å²) in [5.74, 6) is 1.00. The van der Waals surface area contributed by atoms with Gasteiger partial charge in [0.1, 0.15) is 5.84 Å². The second kappa shape index (κ2) is 16.7. The molecule has 338 valence electrons. The van der Waals surface area contributed by atoms with Crippen molar-refractivity contribution < 1.29 is 0 Å².